The molecule has 1 unspecified atom stereocenters. The van der Waals surface area contributed by atoms with Crippen molar-refractivity contribution in [1.82, 2.24) is 5.32 Å². The van der Waals surface area contributed by atoms with E-state index in [1.165, 1.54) is 11.1 Å². The van der Waals surface area contributed by atoms with Gasteiger partial charge in [-0.1, -0.05) is 29.8 Å². The summed E-state index contributed by atoms with van der Waals surface area (Å²) in [5, 5.41) is 12.1. The van der Waals surface area contributed by atoms with Crippen molar-refractivity contribution >= 4 is 0 Å². The van der Waals surface area contributed by atoms with Crippen molar-refractivity contribution in [1.29, 1.82) is 0 Å². The minimum atomic E-state index is 0.211. The lowest BCUT2D eigenvalue weighted by Crippen LogP contribution is -2.29. The molecule has 0 saturated carbocycles. The van der Waals surface area contributed by atoms with Crippen LogP contribution in [0.3, 0.4) is 0 Å². The summed E-state index contributed by atoms with van der Waals surface area (Å²) >= 11 is 0. The van der Waals surface area contributed by atoms with Gasteiger partial charge in [0.2, 0.25) is 0 Å². The highest BCUT2D eigenvalue weighted by molar-refractivity contribution is 5.21. The second-order valence-corrected chi connectivity index (χ2v) is 3.69. The molecule has 14 heavy (non-hydrogen) atoms. The molecule has 0 bridgehead atoms. The maximum absolute atomic E-state index is 8.99. The molecule has 78 valence electrons. The zero-order chi connectivity index (χ0) is 10.4. The highest BCUT2D eigenvalue weighted by Crippen LogP contribution is 2.07. The van der Waals surface area contributed by atoms with E-state index >= 15 is 0 Å². The van der Waals surface area contributed by atoms with Gasteiger partial charge in [0.05, 0.1) is 6.61 Å². The van der Waals surface area contributed by atoms with Crippen molar-refractivity contribution in [2.75, 3.05) is 13.7 Å². The zero-order valence-corrected chi connectivity index (χ0v) is 8.96. The molecular formula is C12H19NO. The minimum absolute atomic E-state index is 0.211. The Balaban J connectivity index is 2.41. The second-order valence-electron chi connectivity index (χ2n) is 3.69. The first-order valence-corrected chi connectivity index (χ1v) is 5.10. The average molecular weight is 193 g/mol. The lowest BCUT2D eigenvalue weighted by Gasteiger charge is -2.12. The van der Waals surface area contributed by atoms with Crippen molar-refractivity contribution in [2.45, 2.75) is 25.8 Å². The van der Waals surface area contributed by atoms with Gasteiger partial charge in [-0.25, -0.2) is 0 Å². The van der Waals surface area contributed by atoms with E-state index in [4.69, 9.17) is 5.11 Å². The van der Waals surface area contributed by atoms with Gasteiger partial charge in [-0.15, -0.1) is 0 Å². The number of rotatable bonds is 5. The largest absolute Gasteiger partial charge is 0.395 e. The molecule has 2 heteroatoms. The maximum atomic E-state index is 8.99. The van der Waals surface area contributed by atoms with E-state index in [1.54, 1.807) is 0 Å². The second kappa shape index (κ2) is 5.78. The van der Waals surface area contributed by atoms with E-state index in [9.17, 15) is 0 Å². The van der Waals surface area contributed by atoms with Crippen LogP contribution in [0.25, 0.3) is 0 Å². The maximum Gasteiger partial charge on any atom is 0.0584 e. The Bertz CT molecular complexity index is 252. The van der Waals surface area contributed by atoms with Crippen LogP contribution in [0, 0.1) is 6.92 Å². The molecule has 0 fully saturated rings. The summed E-state index contributed by atoms with van der Waals surface area (Å²) in [6.07, 6.45) is 2.00. The molecule has 0 aliphatic heterocycles. The summed E-state index contributed by atoms with van der Waals surface area (Å²) in [6, 6.07) is 8.78. The molecule has 1 atom stereocenters. The van der Waals surface area contributed by atoms with Gasteiger partial charge in [0, 0.05) is 6.04 Å². The zero-order valence-electron chi connectivity index (χ0n) is 8.96. The molecule has 2 N–H and O–H groups in total. The topological polar surface area (TPSA) is 32.3 Å². The van der Waals surface area contributed by atoms with Crippen molar-refractivity contribution in [3.05, 3.63) is 35.4 Å². The summed E-state index contributed by atoms with van der Waals surface area (Å²) in [5.41, 5.74) is 2.63. The van der Waals surface area contributed by atoms with Crippen molar-refractivity contribution in [3.63, 3.8) is 0 Å². The number of hydrogen-bond acceptors (Lipinski definition) is 2. The van der Waals surface area contributed by atoms with Crippen molar-refractivity contribution < 1.29 is 5.11 Å². The number of aryl methyl sites for hydroxylation is 2. The Morgan fingerprint density at radius 2 is 1.93 bits per heavy atom. The predicted octanol–water partition coefficient (Wildman–Crippen LogP) is 1.51. The van der Waals surface area contributed by atoms with Crippen molar-refractivity contribution in [2.24, 2.45) is 0 Å². The number of likely N-dealkylation sites (N-methyl/N-ethyl adjacent to an activating group) is 1. The summed E-state index contributed by atoms with van der Waals surface area (Å²) in [5.74, 6) is 0. The van der Waals surface area contributed by atoms with Gasteiger partial charge in [-0.3, -0.25) is 0 Å². The quantitative estimate of drug-likeness (QED) is 0.743. The number of aliphatic hydroxyl groups is 1. The van der Waals surface area contributed by atoms with E-state index in [1.807, 2.05) is 7.05 Å². The number of hydrogen-bond donors (Lipinski definition) is 2. The van der Waals surface area contributed by atoms with Crippen LogP contribution in [0.1, 0.15) is 17.5 Å². The van der Waals surface area contributed by atoms with E-state index in [2.05, 4.69) is 36.5 Å². The van der Waals surface area contributed by atoms with Gasteiger partial charge in [-0.05, 0) is 32.4 Å². The predicted molar refractivity (Wildman–Crippen MR) is 59.4 cm³/mol. The van der Waals surface area contributed by atoms with Crippen LogP contribution in [-0.2, 0) is 6.42 Å². The third kappa shape index (κ3) is 3.48. The Hall–Kier alpha value is -0.860. The van der Waals surface area contributed by atoms with E-state index in [0.29, 0.717) is 0 Å². The van der Waals surface area contributed by atoms with Crippen LogP contribution in [-0.4, -0.2) is 24.8 Å². The molecule has 0 heterocycles. The molecular weight excluding hydrogens is 174 g/mol. The molecule has 0 amide bonds. The molecule has 0 spiro atoms. The third-order valence-electron chi connectivity index (χ3n) is 2.53. The summed E-state index contributed by atoms with van der Waals surface area (Å²) < 4.78 is 0. The summed E-state index contributed by atoms with van der Waals surface area (Å²) in [6.45, 7) is 2.30. The fourth-order valence-corrected chi connectivity index (χ4v) is 1.42. The SMILES string of the molecule is CNC(CO)CCc1ccc(C)cc1. The molecule has 0 aliphatic carbocycles. The number of nitrogens with one attached hydrogen (secondary N) is 1. The van der Waals surface area contributed by atoms with E-state index in [-0.39, 0.29) is 12.6 Å². The number of benzene rings is 1. The molecule has 0 saturated heterocycles. The molecule has 2 nitrogen and oxygen atoms in total. The average Bonchev–Trinajstić information content (AvgIpc) is 2.22. The highest BCUT2D eigenvalue weighted by Gasteiger charge is 2.03. The van der Waals surface area contributed by atoms with Gasteiger partial charge in [0.25, 0.3) is 0 Å². The molecule has 1 rings (SSSR count). The van der Waals surface area contributed by atoms with Crippen molar-refractivity contribution in [3.8, 4) is 0 Å². The van der Waals surface area contributed by atoms with E-state index < -0.39 is 0 Å². The van der Waals surface area contributed by atoms with Gasteiger partial charge in [0.15, 0.2) is 0 Å². The fourth-order valence-electron chi connectivity index (χ4n) is 1.42. The monoisotopic (exact) mass is 193 g/mol. The van der Waals surface area contributed by atoms with Crippen LogP contribution < -0.4 is 5.32 Å². The lowest BCUT2D eigenvalue weighted by molar-refractivity contribution is 0.242. The Morgan fingerprint density at radius 1 is 1.29 bits per heavy atom. The van der Waals surface area contributed by atoms with Gasteiger partial charge in [0.1, 0.15) is 0 Å². The first kappa shape index (κ1) is 11.2. The third-order valence-corrected chi connectivity index (χ3v) is 2.53. The first-order chi connectivity index (χ1) is 6.76. The molecule has 0 aliphatic rings. The van der Waals surface area contributed by atoms with Crippen LogP contribution in [0.15, 0.2) is 24.3 Å². The smallest absolute Gasteiger partial charge is 0.0584 e. The van der Waals surface area contributed by atoms with Gasteiger partial charge in [-0.2, -0.15) is 0 Å². The molecule has 1 aromatic rings. The number of aliphatic hydroxyl groups excluding tert-OH is 1. The summed E-state index contributed by atoms with van der Waals surface area (Å²) in [4.78, 5) is 0. The normalized spacial score (nSPS) is 12.8. The Kier molecular flexibility index (Phi) is 4.63. The standard InChI is InChI=1S/C12H19NO/c1-10-3-5-11(6-4-10)7-8-12(9-14)13-2/h3-6,12-14H,7-9H2,1-2H3. The lowest BCUT2D eigenvalue weighted by atomic mass is 10.0. The fraction of sp³-hybridized carbons (Fsp3) is 0.500. The van der Waals surface area contributed by atoms with E-state index in [0.717, 1.165) is 12.8 Å². The summed E-state index contributed by atoms with van der Waals surface area (Å²) in [7, 11) is 1.88. The Morgan fingerprint density at radius 3 is 2.43 bits per heavy atom. The van der Waals surface area contributed by atoms with Crippen LogP contribution in [0.5, 0.6) is 0 Å². The van der Waals surface area contributed by atoms with Gasteiger partial charge < -0.3 is 10.4 Å². The highest BCUT2D eigenvalue weighted by atomic mass is 16.3. The van der Waals surface area contributed by atoms with Gasteiger partial charge >= 0.3 is 0 Å². The molecule has 0 radical (unpaired) electrons. The van der Waals surface area contributed by atoms with Crippen LogP contribution >= 0.6 is 0 Å². The van der Waals surface area contributed by atoms with Crippen LogP contribution in [0.2, 0.25) is 0 Å². The molecule has 1 aromatic carbocycles. The minimum Gasteiger partial charge on any atom is -0.395 e. The first-order valence-electron chi connectivity index (χ1n) is 5.10. The van der Waals surface area contributed by atoms with Crippen LogP contribution in [0.4, 0.5) is 0 Å². The Labute approximate surface area is 86.0 Å². The molecule has 0 aromatic heterocycles.